The Morgan fingerprint density at radius 3 is 3.07 bits per heavy atom. The molecule has 1 aromatic rings. The molecule has 1 aliphatic carbocycles. The minimum Gasteiger partial charge on any atom is -0.393 e. The maximum Gasteiger partial charge on any atom is 0.153 e. The van der Waals surface area contributed by atoms with Crippen molar-refractivity contribution in [1.29, 1.82) is 0 Å². The van der Waals surface area contributed by atoms with Crippen molar-refractivity contribution in [3.8, 4) is 0 Å². The maximum absolute atomic E-state index is 10.7. The Morgan fingerprint density at radius 2 is 2.40 bits per heavy atom. The highest BCUT2D eigenvalue weighted by molar-refractivity contribution is 5.82. The first-order valence-electron chi connectivity index (χ1n) is 5.11. The Balaban J connectivity index is 1.90. The number of pyridine rings is 1. The first-order valence-corrected chi connectivity index (χ1v) is 5.11. The van der Waals surface area contributed by atoms with Crippen molar-refractivity contribution >= 4 is 12.1 Å². The molecule has 0 aliphatic heterocycles. The summed E-state index contributed by atoms with van der Waals surface area (Å²) in [5.74, 6) is 1.13. The molecule has 0 spiro atoms. The van der Waals surface area contributed by atoms with Gasteiger partial charge < -0.3 is 10.4 Å². The zero-order chi connectivity index (χ0) is 10.7. The normalized spacial score (nSPS) is 24.3. The summed E-state index contributed by atoms with van der Waals surface area (Å²) >= 11 is 0. The predicted octanol–water partition coefficient (Wildman–Crippen LogP) is 1.08. The smallest absolute Gasteiger partial charge is 0.153 e. The molecule has 4 nitrogen and oxygen atoms in total. The van der Waals surface area contributed by atoms with Gasteiger partial charge >= 0.3 is 0 Å². The molecular formula is C11H14N2O2. The van der Waals surface area contributed by atoms with Gasteiger partial charge in [-0.1, -0.05) is 0 Å². The molecule has 0 unspecified atom stereocenters. The molecule has 1 fully saturated rings. The number of nitrogens with one attached hydrogen (secondary N) is 1. The molecule has 0 aromatic carbocycles. The number of aldehydes is 1. The maximum atomic E-state index is 10.7. The second-order valence-corrected chi connectivity index (χ2v) is 3.93. The van der Waals surface area contributed by atoms with E-state index in [2.05, 4.69) is 10.3 Å². The van der Waals surface area contributed by atoms with E-state index in [1.807, 2.05) is 0 Å². The Labute approximate surface area is 88.3 Å². The SMILES string of the molecule is O=Cc1cccnc1NCC1CC(O)C1. The van der Waals surface area contributed by atoms with Gasteiger partial charge in [0.2, 0.25) is 0 Å². The number of rotatable bonds is 4. The third-order valence-corrected chi connectivity index (χ3v) is 2.73. The average molecular weight is 206 g/mol. The van der Waals surface area contributed by atoms with Crippen LogP contribution in [0.15, 0.2) is 18.3 Å². The topological polar surface area (TPSA) is 62.2 Å². The average Bonchev–Trinajstić information content (AvgIpc) is 2.23. The minimum atomic E-state index is -0.133. The van der Waals surface area contributed by atoms with E-state index in [4.69, 9.17) is 5.11 Å². The lowest BCUT2D eigenvalue weighted by atomic mass is 9.82. The van der Waals surface area contributed by atoms with Crippen LogP contribution in [0.5, 0.6) is 0 Å². The predicted molar refractivity (Wildman–Crippen MR) is 56.8 cm³/mol. The van der Waals surface area contributed by atoms with Crippen molar-refractivity contribution in [3.63, 3.8) is 0 Å². The molecule has 0 radical (unpaired) electrons. The molecule has 2 N–H and O–H groups in total. The second-order valence-electron chi connectivity index (χ2n) is 3.93. The molecule has 0 amide bonds. The molecular weight excluding hydrogens is 192 g/mol. The lowest BCUT2D eigenvalue weighted by molar-refractivity contribution is 0.0486. The van der Waals surface area contributed by atoms with Crippen molar-refractivity contribution < 1.29 is 9.90 Å². The van der Waals surface area contributed by atoms with Crippen LogP contribution >= 0.6 is 0 Å². The monoisotopic (exact) mass is 206 g/mol. The molecule has 2 rings (SSSR count). The van der Waals surface area contributed by atoms with Gasteiger partial charge in [-0.25, -0.2) is 4.98 Å². The van der Waals surface area contributed by atoms with Gasteiger partial charge in [0.25, 0.3) is 0 Å². The summed E-state index contributed by atoms with van der Waals surface area (Å²) in [6.07, 6.45) is 4.01. The Kier molecular flexibility index (Phi) is 2.97. The third kappa shape index (κ3) is 2.33. The van der Waals surface area contributed by atoms with Gasteiger partial charge in [-0.2, -0.15) is 0 Å². The highest BCUT2D eigenvalue weighted by Crippen LogP contribution is 2.27. The van der Waals surface area contributed by atoms with Crippen LogP contribution in [0.1, 0.15) is 23.2 Å². The quantitative estimate of drug-likeness (QED) is 0.723. The molecule has 0 bridgehead atoms. The lowest BCUT2D eigenvalue weighted by Gasteiger charge is -2.31. The number of carbonyl (C=O) groups is 1. The van der Waals surface area contributed by atoms with Crippen LogP contribution in [0.2, 0.25) is 0 Å². The summed E-state index contributed by atoms with van der Waals surface area (Å²) < 4.78 is 0. The van der Waals surface area contributed by atoms with Gasteiger partial charge in [-0.3, -0.25) is 4.79 Å². The van der Waals surface area contributed by atoms with Crippen LogP contribution in [0.3, 0.4) is 0 Å². The van der Waals surface area contributed by atoms with E-state index in [0.717, 1.165) is 25.7 Å². The first-order chi connectivity index (χ1) is 7.29. The zero-order valence-corrected chi connectivity index (χ0v) is 8.39. The summed E-state index contributed by atoms with van der Waals surface area (Å²) in [6.45, 7) is 0.773. The van der Waals surface area contributed by atoms with E-state index in [1.54, 1.807) is 18.3 Å². The number of nitrogens with zero attached hydrogens (tertiary/aromatic N) is 1. The molecule has 0 saturated heterocycles. The molecule has 1 aromatic heterocycles. The van der Waals surface area contributed by atoms with Gasteiger partial charge in [0.15, 0.2) is 6.29 Å². The van der Waals surface area contributed by atoms with E-state index in [1.165, 1.54) is 0 Å². The van der Waals surface area contributed by atoms with E-state index >= 15 is 0 Å². The van der Waals surface area contributed by atoms with Crippen molar-refractivity contribution in [2.45, 2.75) is 18.9 Å². The second kappa shape index (κ2) is 4.40. The number of hydrogen-bond donors (Lipinski definition) is 2. The summed E-state index contributed by atoms with van der Waals surface area (Å²) in [4.78, 5) is 14.8. The molecule has 1 saturated carbocycles. The summed E-state index contributed by atoms with van der Waals surface area (Å²) in [5, 5.41) is 12.2. The zero-order valence-electron chi connectivity index (χ0n) is 8.39. The highest BCUT2D eigenvalue weighted by Gasteiger charge is 2.26. The standard InChI is InChI=1S/C11H14N2O2/c14-7-9-2-1-3-12-11(9)13-6-8-4-10(15)5-8/h1-3,7-8,10,15H,4-6H2,(H,12,13). The number of aliphatic hydroxyl groups is 1. The molecule has 0 atom stereocenters. The minimum absolute atomic E-state index is 0.133. The summed E-state index contributed by atoms with van der Waals surface area (Å²) in [5.41, 5.74) is 0.581. The highest BCUT2D eigenvalue weighted by atomic mass is 16.3. The Hall–Kier alpha value is -1.42. The van der Waals surface area contributed by atoms with Crippen molar-refractivity contribution in [3.05, 3.63) is 23.9 Å². The van der Waals surface area contributed by atoms with Crippen LogP contribution in [-0.2, 0) is 0 Å². The van der Waals surface area contributed by atoms with Gasteiger partial charge in [0.1, 0.15) is 5.82 Å². The van der Waals surface area contributed by atoms with Crippen LogP contribution in [0, 0.1) is 5.92 Å². The van der Waals surface area contributed by atoms with Crippen molar-refractivity contribution in [2.75, 3.05) is 11.9 Å². The van der Waals surface area contributed by atoms with Gasteiger partial charge in [-0.05, 0) is 30.9 Å². The van der Waals surface area contributed by atoms with E-state index < -0.39 is 0 Å². The molecule has 1 aliphatic rings. The third-order valence-electron chi connectivity index (χ3n) is 2.73. The molecule has 80 valence electrons. The van der Waals surface area contributed by atoms with Crippen LogP contribution in [-0.4, -0.2) is 29.0 Å². The fraction of sp³-hybridized carbons (Fsp3) is 0.455. The lowest BCUT2D eigenvalue weighted by Crippen LogP contribution is -2.33. The first kappa shape index (κ1) is 10.1. The summed E-state index contributed by atoms with van der Waals surface area (Å²) in [7, 11) is 0. The van der Waals surface area contributed by atoms with Gasteiger partial charge in [0.05, 0.1) is 11.7 Å². The number of carbonyl (C=O) groups excluding carboxylic acids is 1. The molecule has 4 heteroatoms. The summed E-state index contributed by atoms with van der Waals surface area (Å²) in [6, 6.07) is 3.47. The van der Waals surface area contributed by atoms with E-state index in [9.17, 15) is 4.79 Å². The Morgan fingerprint density at radius 1 is 1.60 bits per heavy atom. The molecule has 15 heavy (non-hydrogen) atoms. The number of hydrogen-bond acceptors (Lipinski definition) is 4. The number of aromatic nitrogens is 1. The number of anilines is 1. The van der Waals surface area contributed by atoms with Crippen molar-refractivity contribution in [1.82, 2.24) is 4.98 Å². The van der Waals surface area contributed by atoms with E-state index in [0.29, 0.717) is 17.3 Å². The van der Waals surface area contributed by atoms with Gasteiger partial charge in [0, 0.05) is 12.7 Å². The van der Waals surface area contributed by atoms with E-state index in [-0.39, 0.29) is 6.10 Å². The molecule has 1 heterocycles. The van der Waals surface area contributed by atoms with Crippen molar-refractivity contribution in [2.24, 2.45) is 5.92 Å². The van der Waals surface area contributed by atoms with Crippen LogP contribution in [0.4, 0.5) is 5.82 Å². The number of aliphatic hydroxyl groups excluding tert-OH is 1. The van der Waals surface area contributed by atoms with Gasteiger partial charge in [-0.15, -0.1) is 0 Å². The largest absolute Gasteiger partial charge is 0.393 e. The Bertz CT molecular complexity index is 348. The fourth-order valence-corrected chi connectivity index (χ4v) is 1.77. The van der Waals surface area contributed by atoms with Crippen LogP contribution in [0.25, 0.3) is 0 Å². The fourth-order valence-electron chi connectivity index (χ4n) is 1.77. The van der Waals surface area contributed by atoms with Crippen LogP contribution < -0.4 is 5.32 Å².